The van der Waals surface area contributed by atoms with Gasteiger partial charge < -0.3 is 4.52 Å². The molecule has 2 heterocycles. The van der Waals surface area contributed by atoms with Gasteiger partial charge in [-0.15, -0.1) is 0 Å². The summed E-state index contributed by atoms with van der Waals surface area (Å²) in [6.07, 6.45) is 1.14. The van der Waals surface area contributed by atoms with Gasteiger partial charge in [-0.25, -0.2) is 0 Å². The highest BCUT2D eigenvalue weighted by Gasteiger charge is 2.55. The van der Waals surface area contributed by atoms with Crippen LogP contribution in [0.4, 0.5) is 0 Å². The van der Waals surface area contributed by atoms with Gasteiger partial charge in [0.2, 0.25) is 11.7 Å². The van der Waals surface area contributed by atoms with E-state index >= 15 is 0 Å². The van der Waals surface area contributed by atoms with Crippen LogP contribution in [0.1, 0.15) is 49.6 Å². The number of hydrogen-bond donors (Lipinski definition) is 0. The Balaban J connectivity index is 1.90. The monoisotopic (exact) mass is 277 g/mol. The maximum absolute atomic E-state index is 5.48. The maximum atomic E-state index is 5.48. The zero-order valence-electron chi connectivity index (χ0n) is 12.0. The summed E-state index contributed by atoms with van der Waals surface area (Å²) in [4.78, 5) is 5.75. The van der Waals surface area contributed by atoms with E-state index in [9.17, 15) is 0 Å². The van der Waals surface area contributed by atoms with Crippen molar-refractivity contribution in [1.82, 2.24) is 14.5 Å². The second-order valence-electron chi connectivity index (χ2n) is 6.07. The molecule has 5 heteroatoms. The van der Waals surface area contributed by atoms with E-state index < -0.39 is 0 Å². The van der Waals surface area contributed by atoms with Gasteiger partial charge in [-0.3, -0.25) is 0 Å². The fraction of sp³-hybridized carbons (Fsp3) is 0.643. The minimum Gasteiger partial charge on any atom is -0.339 e. The molecule has 0 saturated heterocycles. The van der Waals surface area contributed by atoms with E-state index in [0.717, 1.165) is 28.4 Å². The van der Waals surface area contributed by atoms with Crippen LogP contribution >= 0.6 is 11.5 Å². The minimum absolute atomic E-state index is 0.320. The molecule has 0 bridgehead atoms. The molecule has 0 radical (unpaired) electrons. The summed E-state index contributed by atoms with van der Waals surface area (Å²) in [6.45, 7) is 10.9. The smallest absolute Gasteiger partial charge is 0.230 e. The van der Waals surface area contributed by atoms with Crippen LogP contribution in [0.25, 0.3) is 11.4 Å². The Kier molecular flexibility index (Phi) is 2.78. The van der Waals surface area contributed by atoms with Crippen molar-refractivity contribution in [3.63, 3.8) is 0 Å². The lowest BCUT2D eigenvalue weighted by Crippen LogP contribution is -2.06. The average Bonchev–Trinajstić information content (AvgIpc) is 2.71. The third kappa shape index (κ3) is 1.91. The minimum atomic E-state index is 0.320. The topological polar surface area (TPSA) is 51.8 Å². The lowest BCUT2D eigenvalue weighted by Gasteiger charge is -2.13. The molecule has 0 amide bonds. The molecule has 0 aliphatic heterocycles. The third-order valence-electron chi connectivity index (χ3n) is 4.60. The van der Waals surface area contributed by atoms with E-state index in [4.69, 9.17) is 4.52 Å². The summed E-state index contributed by atoms with van der Waals surface area (Å²) < 4.78 is 9.82. The van der Waals surface area contributed by atoms with Crippen molar-refractivity contribution in [2.24, 2.45) is 11.3 Å². The van der Waals surface area contributed by atoms with Crippen LogP contribution < -0.4 is 0 Å². The maximum Gasteiger partial charge on any atom is 0.230 e. The van der Waals surface area contributed by atoms with Crippen molar-refractivity contribution < 1.29 is 4.52 Å². The summed E-state index contributed by atoms with van der Waals surface area (Å²) in [7, 11) is 0. The van der Waals surface area contributed by atoms with Gasteiger partial charge in [0.25, 0.3) is 0 Å². The van der Waals surface area contributed by atoms with Gasteiger partial charge in [0.15, 0.2) is 0 Å². The Bertz CT molecular complexity index is 596. The zero-order valence-corrected chi connectivity index (χ0v) is 12.8. The molecule has 2 atom stereocenters. The highest BCUT2D eigenvalue weighted by atomic mass is 32.1. The molecule has 102 valence electrons. The van der Waals surface area contributed by atoms with Crippen LogP contribution in [0.3, 0.4) is 0 Å². The van der Waals surface area contributed by atoms with Gasteiger partial charge >= 0.3 is 0 Å². The summed E-state index contributed by atoms with van der Waals surface area (Å²) >= 11 is 1.49. The summed E-state index contributed by atoms with van der Waals surface area (Å²) in [5.41, 5.74) is 2.34. The van der Waals surface area contributed by atoms with Crippen LogP contribution in [0, 0.1) is 25.2 Å². The molecule has 1 fully saturated rings. The van der Waals surface area contributed by atoms with Crippen molar-refractivity contribution in [1.29, 1.82) is 0 Å². The van der Waals surface area contributed by atoms with E-state index in [1.54, 1.807) is 0 Å². The molecule has 0 N–H and O–H groups in total. The quantitative estimate of drug-likeness (QED) is 0.852. The Labute approximate surface area is 117 Å². The lowest BCUT2D eigenvalue weighted by molar-refractivity contribution is 0.330. The van der Waals surface area contributed by atoms with E-state index in [1.165, 1.54) is 11.5 Å². The summed E-state index contributed by atoms with van der Waals surface area (Å²) in [5.74, 6) is 2.54. The molecule has 2 aromatic rings. The van der Waals surface area contributed by atoms with Gasteiger partial charge in [0, 0.05) is 10.8 Å². The number of rotatable bonds is 3. The summed E-state index contributed by atoms with van der Waals surface area (Å²) in [6, 6.07) is 0. The predicted octanol–water partition coefficient (Wildman–Crippen LogP) is 3.96. The van der Waals surface area contributed by atoms with E-state index in [-0.39, 0.29) is 0 Å². The molecular formula is C14H19N3OS. The molecule has 1 aliphatic rings. The predicted molar refractivity (Wildman–Crippen MR) is 75.2 cm³/mol. The van der Waals surface area contributed by atoms with Crippen LogP contribution in [0.2, 0.25) is 0 Å². The van der Waals surface area contributed by atoms with E-state index in [1.807, 2.05) is 13.8 Å². The lowest BCUT2D eigenvalue weighted by atomic mass is 9.92. The number of hydrogen-bond acceptors (Lipinski definition) is 5. The van der Waals surface area contributed by atoms with Gasteiger partial charge in [-0.05, 0) is 43.1 Å². The molecule has 2 unspecified atom stereocenters. The molecular weight excluding hydrogens is 258 g/mol. The van der Waals surface area contributed by atoms with Gasteiger partial charge in [0.05, 0.1) is 11.3 Å². The number of aromatic nitrogens is 3. The molecule has 2 aromatic heterocycles. The van der Waals surface area contributed by atoms with Crippen LogP contribution in [-0.4, -0.2) is 14.5 Å². The molecule has 1 aliphatic carbocycles. The van der Waals surface area contributed by atoms with Gasteiger partial charge in [-0.2, -0.15) is 9.36 Å². The average molecular weight is 277 g/mol. The molecule has 4 nitrogen and oxygen atoms in total. The van der Waals surface area contributed by atoms with Crippen LogP contribution in [0.5, 0.6) is 0 Å². The van der Waals surface area contributed by atoms with Crippen molar-refractivity contribution in [2.75, 3.05) is 0 Å². The molecule has 0 aromatic carbocycles. The Morgan fingerprint density at radius 1 is 1.37 bits per heavy atom. The van der Waals surface area contributed by atoms with Gasteiger partial charge in [-0.1, -0.05) is 25.9 Å². The van der Waals surface area contributed by atoms with E-state index in [2.05, 4.69) is 35.3 Å². The molecule has 0 spiro atoms. The van der Waals surface area contributed by atoms with Gasteiger partial charge in [0.1, 0.15) is 0 Å². The molecule has 3 rings (SSSR count). The van der Waals surface area contributed by atoms with Crippen molar-refractivity contribution in [3.05, 3.63) is 16.5 Å². The van der Waals surface area contributed by atoms with E-state index in [0.29, 0.717) is 23.1 Å². The van der Waals surface area contributed by atoms with Crippen molar-refractivity contribution in [3.8, 4) is 11.4 Å². The van der Waals surface area contributed by atoms with Crippen molar-refractivity contribution in [2.45, 2.75) is 47.0 Å². The first-order chi connectivity index (χ1) is 8.93. The fourth-order valence-corrected chi connectivity index (χ4v) is 3.36. The SMILES string of the molecule is Cc1nsc(C)c1-c1noc(C2CC2(C)C(C)C)n1. The second-order valence-corrected chi connectivity index (χ2v) is 7.05. The highest BCUT2D eigenvalue weighted by molar-refractivity contribution is 7.06. The Morgan fingerprint density at radius 2 is 2.11 bits per heavy atom. The number of aryl methyl sites for hydroxylation is 2. The second kappa shape index (κ2) is 4.13. The standard InChI is InChI=1S/C14H19N3OS/c1-7(2)14(5)6-10(14)13-15-12(16-18-13)11-8(3)17-19-9(11)4/h7,10H,6H2,1-5H3. The molecule has 19 heavy (non-hydrogen) atoms. The highest BCUT2D eigenvalue weighted by Crippen LogP contribution is 2.62. The zero-order chi connectivity index (χ0) is 13.8. The Hall–Kier alpha value is -1.23. The van der Waals surface area contributed by atoms with Crippen LogP contribution in [-0.2, 0) is 0 Å². The van der Waals surface area contributed by atoms with Crippen molar-refractivity contribution >= 4 is 11.5 Å². The first-order valence-electron chi connectivity index (χ1n) is 6.70. The number of nitrogens with zero attached hydrogens (tertiary/aromatic N) is 3. The fourth-order valence-electron chi connectivity index (χ4n) is 2.67. The largest absolute Gasteiger partial charge is 0.339 e. The van der Waals surface area contributed by atoms with Crippen LogP contribution in [0.15, 0.2) is 4.52 Å². The Morgan fingerprint density at radius 3 is 2.63 bits per heavy atom. The third-order valence-corrected chi connectivity index (χ3v) is 5.44. The first-order valence-corrected chi connectivity index (χ1v) is 7.47. The molecule has 1 saturated carbocycles. The first kappa shape index (κ1) is 12.8. The normalized spacial score (nSPS) is 26.1. The summed E-state index contributed by atoms with van der Waals surface area (Å²) in [5, 5.41) is 4.15.